The number of unbranched alkanes of at least 4 members (excludes halogenated alkanes) is 5. The maximum absolute atomic E-state index is 14.4. The van der Waals surface area contributed by atoms with Crippen LogP contribution in [0.25, 0.3) is 0 Å². The van der Waals surface area contributed by atoms with E-state index in [1.54, 1.807) is 37.4 Å². The normalized spacial score (nSPS) is 12.7. The van der Waals surface area contributed by atoms with Gasteiger partial charge in [0.15, 0.2) is 0 Å². The number of aryl methyl sites for hydroxylation is 2. The van der Waals surface area contributed by atoms with Gasteiger partial charge in [-0.1, -0.05) is 87.6 Å². The Labute approximate surface area is 263 Å². The van der Waals surface area contributed by atoms with Crippen molar-refractivity contribution in [2.45, 2.75) is 111 Å². The molecule has 2 aromatic rings. The number of amides is 3. The number of rotatable bonds is 17. The predicted octanol–water partition coefficient (Wildman–Crippen LogP) is 7.50. The van der Waals surface area contributed by atoms with E-state index in [4.69, 9.17) is 4.74 Å². The van der Waals surface area contributed by atoms with E-state index in [0.717, 1.165) is 54.4 Å². The molecule has 0 radical (unpaired) electrons. The van der Waals surface area contributed by atoms with Gasteiger partial charge in [0.2, 0.25) is 11.8 Å². The fourth-order valence-electron chi connectivity index (χ4n) is 4.86. The first-order chi connectivity index (χ1) is 20.5. The van der Waals surface area contributed by atoms with Gasteiger partial charge in [0.05, 0.1) is 0 Å². The highest BCUT2D eigenvalue weighted by atomic mass is 32.2. The van der Waals surface area contributed by atoms with Crippen molar-refractivity contribution in [3.63, 3.8) is 0 Å². The first-order valence-electron chi connectivity index (χ1n) is 15.6. The summed E-state index contributed by atoms with van der Waals surface area (Å²) in [6.07, 6.45) is 8.07. The maximum atomic E-state index is 14.4. The number of alkyl carbamates (subject to hydrolysis) is 1. The van der Waals surface area contributed by atoms with Gasteiger partial charge >= 0.3 is 6.09 Å². The van der Waals surface area contributed by atoms with Crippen LogP contribution >= 0.6 is 11.8 Å². The summed E-state index contributed by atoms with van der Waals surface area (Å²) >= 11 is 1.61. The van der Waals surface area contributed by atoms with E-state index in [0.29, 0.717) is 25.3 Å². The molecule has 0 aliphatic heterocycles. The third-order valence-electron chi connectivity index (χ3n) is 7.35. The van der Waals surface area contributed by atoms with Crippen LogP contribution in [0.4, 0.5) is 4.79 Å². The topological polar surface area (TPSA) is 87.7 Å². The lowest BCUT2D eigenvalue weighted by atomic mass is 9.97. The second-order valence-electron chi connectivity index (χ2n) is 12.2. The fourth-order valence-corrected chi connectivity index (χ4v) is 5.33. The van der Waals surface area contributed by atoms with Gasteiger partial charge < -0.3 is 20.3 Å². The van der Waals surface area contributed by atoms with Crippen LogP contribution < -0.4 is 10.6 Å². The third kappa shape index (κ3) is 13.0. The number of ether oxygens (including phenoxy) is 1. The van der Waals surface area contributed by atoms with E-state index in [2.05, 4.69) is 17.6 Å². The number of carbonyl (C=O) groups excluding carboxylic acids is 3. The first kappa shape index (κ1) is 36.2. The lowest BCUT2D eigenvalue weighted by molar-refractivity contribution is -0.142. The van der Waals surface area contributed by atoms with Crippen LogP contribution in [-0.4, -0.2) is 53.0 Å². The summed E-state index contributed by atoms with van der Waals surface area (Å²) in [7, 11) is 0. The number of hydrogen-bond acceptors (Lipinski definition) is 5. The Morgan fingerprint density at radius 1 is 0.930 bits per heavy atom. The number of nitrogens with zero attached hydrogens (tertiary/aromatic N) is 1. The number of thioether (sulfide) groups is 1. The summed E-state index contributed by atoms with van der Waals surface area (Å²) in [5.41, 5.74) is 3.21. The molecule has 238 valence electrons. The van der Waals surface area contributed by atoms with Gasteiger partial charge in [-0.2, -0.15) is 11.8 Å². The van der Waals surface area contributed by atoms with Crippen molar-refractivity contribution in [2.24, 2.45) is 0 Å². The first-order valence-corrected chi connectivity index (χ1v) is 17.0. The molecule has 0 aromatic heterocycles. The molecule has 2 aromatic carbocycles. The van der Waals surface area contributed by atoms with Crippen LogP contribution in [0.15, 0.2) is 48.5 Å². The SMILES string of the molecule is CCCCCCCCN(C(=O)C(CCSC)NC(=O)OC(C)(C)C)C(C(=O)NCc1ccccc1)c1ccc(C)c(C)c1. The van der Waals surface area contributed by atoms with Crippen LogP contribution in [0.3, 0.4) is 0 Å². The van der Waals surface area contributed by atoms with Gasteiger partial charge in [-0.15, -0.1) is 0 Å². The van der Waals surface area contributed by atoms with Gasteiger partial charge in [-0.3, -0.25) is 9.59 Å². The molecule has 2 unspecified atom stereocenters. The Balaban J connectivity index is 2.47. The van der Waals surface area contributed by atoms with Gasteiger partial charge in [0.25, 0.3) is 0 Å². The number of hydrogen-bond donors (Lipinski definition) is 2. The molecule has 0 aliphatic rings. The monoisotopic (exact) mass is 611 g/mol. The minimum absolute atomic E-state index is 0.243. The smallest absolute Gasteiger partial charge is 0.408 e. The van der Waals surface area contributed by atoms with Crippen molar-refractivity contribution in [1.82, 2.24) is 15.5 Å². The average molecular weight is 612 g/mol. The molecule has 43 heavy (non-hydrogen) atoms. The largest absolute Gasteiger partial charge is 0.444 e. The zero-order chi connectivity index (χ0) is 31.8. The Kier molecular flexibility index (Phi) is 15.7. The van der Waals surface area contributed by atoms with Gasteiger partial charge in [0, 0.05) is 13.1 Å². The van der Waals surface area contributed by atoms with Crippen LogP contribution in [0, 0.1) is 13.8 Å². The highest BCUT2D eigenvalue weighted by Gasteiger charge is 2.36. The molecule has 2 rings (SSSR count). The highest BCUT2D eigenvalue weighted by molar-refractivity contribution is 7.98. The molecule has 8 heteroatoms. The Bertz CT molecular complexity index is 1150. The Morgan fingerprint density at radius 2 is 1.60 bits per heavy atom. The summed E-state index contributed by atoms with van der Waals surface area (Å²) in [6, 6.07) is 14.0. The van der Waals surface area contributed by atoms with Crippen LogP contribution in [-0.2, 0) is 20.9 Å². The maximum Gasteiger partial charge on any atom is 0.408 e. The summed E-state index contributed by atoms with van der Waals surface area (Å²) < 4.78 is 5.52. The molecule has 0 aliphatic carbocycles. The van der Waals surface area contributed by atoms with E-state index >= 15 is 0 Å². The fraction of sp³-hybridized carbons (Fsp3) is 0.571. The number of benzene rings is 2. The number of nitrogens with one attached hydrogen (secondary N) is 2. The van der Waals surface area contributed by atoms with Crippen molar-refractivity contribution in [3.8, 4) is 0 Å². The van der Waals surface area contributed by atoms with E-state index < -0.39 is 23.8 Å². The minimum atomic E-state index is -0.844. The van der Waals surface area contributed by atoms with Crippen molar-refractivity contribution in [3.05, 3.63) is 70.8 Å². The molecule has 2 N–H and O–H groups in total. The van der Waals surface area contributed by atoms with Crippen molar-refractivity contribution in [2.75, 3.05) is 18.6 Å². The predicted molar refractivity (Wildman–Crippen MR) is 178 cm³/mol. The molecule has 3 amide bonds. The van der Waals surface area contributed by atoms with E-state index in [9.17, 15) is 14.4 Å². The molecule has 2 atom stereocenters. The zero-order valence-electron chi connectivity index (χ0n) is 27.3. The molecule has 0 saturated carbocycles. The van der Waals surface area contributed by atoms with Crippen molar-refractivity contribution < 1.29 is 19.1 Å². The minimum Gasteiger partial charge on any atom is -0.444 e. The standard InChI is InChI=1S/C35H53N3O4S/c1-8-9-10-11-12-16-22-38(33(40)30(21-23-43-7)37-34(41)42-35(4,5)6)31(29-20-19-26(2)27(3)24-29)32(39)36-25-28-17-14-13-15-18-28/h13-15,17-20,24,30-31H,8-12,16,21-23,25H2,1-7H3,(H,36,39)(H,37,41). The molecule has 0 spiro atoms. The summed E-state index contributed by atoms with van der Waals surface area (Å²) in [5.74, 6) is 0.157. The number of carbonyl (C=O) groups is 3. The quantitative estimate of drug-likeness (QED) is 0.181. The van der Waals surface area contributed by atoms with Crippen LogP contribution in [0.1, 0.15) is 101 Å². The molecular weight excluding hydrogens is 558 g/mol. The second kappa shape index (κ2) is 18.6. The Hall–Kier alpha value is -3.00. The van der Waals surface area contributed by atoms with E-state index in [1.165, 1.54) is 6.42 Å². The second-order valence-corrected chi connectivity index (χ2v) is 13.2. The van der Waals surface area contributed by atoms with Crippen molar-refractivity contribution >= 4 is 29.7 Å². The average Bonchev–Trinajstić information content (AvgIpc) is 2.96. The highest BCUT2D eigenvalue weighted by Crippen LogP contribution is 2.26. The molecule has 0 heterocycles. The molecule has 0 bridgehead atoms. The molecule has 0 fully saturated rings. The molecule has 7 nitrogen and oxygen atoms in total. The molecular formula is C35H53N3O4S. The summed E-state index contributed by atoms with van der Waals surface area (Å²) in [4.78, 5) is 43.0. The van der Waals surface area contributed by atoms with Gasteiger partial charge in [-0.05, 0) is 81.7 Å². The van der Waals surface area contributed by atoms with Gasteiger partial charge in [-0.25, -0.2) is 4.79 Å². The summed E-state index contributed by atoms with van der Waals surface area (Å²) in [6.45, 7) is 12.4. The van der Waals surface area contributed by atoms with Crippen LogP contribution in [0.5, 0.6) is 0 Å². The zero-order valence-corrected chi connectivity index (χ0v) is 28.1. The molecule has 0 saturated heterocycles. The van der Waals surface area contributed by atoms with E-state index in [1.807, 2.05) is 68.6 Å². The van der Waals surface area contributed by atoms with Gasteiger partial charge in [0.1, 0.15) is 17.7 Å². The lowest BCUT2D eigenvalue weighted by Gasteiger charge is -2.35. The van der Waals surface area contributed by atoms with E-state index in [-0.39, 0.29) is 11.8 Å². The lowest BCUT2D eigenvalue weighted by Crippen LogP contribution is -2.53. The van der Waals surface area contributed by atoms with Crippen molar-refractivity contribution in [1.29, 1.82) is 0 Å². The third-order valence-corrected chi connectivity index (χ3v) is 8.00. The Morgan fingerprint density at radius 3 is 2.23 bits per heavy atom. The summed E-state index contributed by atoms with van der Waals surface area (Å²) in [5, 5.41) is 5.92. The van der Waals surface area contributed by atoms with Crippen LogP contribution in [0.2, 0.25) is 0 Å².